The van der Waals surface area contributed by atoms with E-state index in [9.17, 15) is 14.2 Å². The van der Waals surface area contributed by atoms with Gasteiger partial charge in [-0.05, 0) is 33.1 Å². The third kappa shape index (κ3) is 5.91. The van der Waals surface area contributed by atoms with Gasteiger partial charge in [-0.2, -0.15) is 0 Å². The minimum absolute atomic E-state index is 0.0773. The third-order valence-corrected chi connectivity index (χ3v) is 6.98. The lowest BCUT2D eigenvalue weighted by atomic mass is 10.0. The largest absolute Gasteiger partial charge is 0.480 e. The molecule has 0 bridgehead atoms. The molecule has 0 unspecified atom stereocenters. The predicted molar refractivity (Wildman–Crippen MR) is 85.2 cm³/mol. The van der Waals surface area contributed by atoms with Crippen molar-refractivity contribution in [3.8, 4) is 0 Å². The molecule has 9 heteroatoms. The zero-order valence-corrected chi connectivity index (χ0v) is 14.7. The molecule has 1 heterocycles. The van der Waals surface area contributed by atoms with Crippen molar-refractivity contribution in [1.29, 1.82) is 0 Å². The molecule has 1 fully saturated rings. The molecule has 1 saturated heterocycles. The quantitative estimate of drug-likeness (QED) is 0.636. The van der Waals surface area contributed by atoms with Crippen LogP contribution in [0.5, 0.6) is 0 Å². The van der Waals surface area contributed by atoms with Crippen LogP contribution in [0.4, 0.5) is 0 Å². The van der Waals surface area contributed by atoms with Gasteiger partial charge in [0.05, 0.1) is 24.5 Å². The average molecular weight is 353 g/mol. The van der Waals surface area contributed by atoms with Crippen LogP contribution in [-0.4, -0.2) is 58.9 Å². The van der Waals surface area contributed by atoms with Crippen molar-refractivity contribution in [2.45, 2.75) is 39.2 Å². The lowest BCUT2D eigenvalue weighted by molar-refractivity contribution is -0.150. The fourth-order valence-electron chi connectivity index (χ4n) is 2.32. The number of aliphatic carboxylic acids is 1. The van der Waals surface area contributed by atoms with E-state index < -0.39 is 19.6 Å². The molecule has 1 rings (SSSR count). The Kier molecular flexibility index (Phi) is 8.46. The van der Waals surface area contributed by atoms with Crippen molar-refractivity contribution in [3.05, 3.63) is 0 Å². The first-order chi connectivity index (χ1) is 10.4. The summed E-state index contributed by atoms with van der Waals surface area (Å²) in [5.74, 6) is -1.13. The molecule has 1 amide bonds. The highest BCUT2D eigenvalue weighted by Crippen LogP contribution is 2.50. The fraction of sp³-hybridized carbons (Fsp3) is 0.846. The summed E-state index contributed by atoms with van der Waals surface area (Å²) in [6, 6.07) is -0.743. The number of carboxylic acid groups (broad SMARTS) is 1. The van der Waals surface area contributed by atoms with Gasteiger partial charge in [0.15, 0.2) is 0 Å². The van der Waals surface area contributed by atoms with E-state index in [1.165, 1.54) is 4.90 Å². The number of hydrogen-bond acceptors (Lipinski definition) is 6. The van der Waals surface area contributed by atoms with Crippen LogP contribution in [0, 0.1) is 0 Å². The van der Waals surface area contributed by atoms with Crippen molar-refractivity contribution in [2.24, 2.45) is 0 Å². The van der Waals surface area contributed by atoms with Gasteiger partial charge in [0.2, 0.25) is 5.91 Å². The summed E-state index contributed by atoms with van der Waals surface area (Å²) in [5, 5.41) is 9.17. The maximum absolute atomic E-state index is 12.3. The highest BCUT2D eigenvalue weighted by molar-refractivity contribution is 8.05. The Morgan fingerprint density at radius 2 is 1.91 bits per heavy atom. The Bertz CT molecular complexity index is 423. The maximum Gasteiger partial charge on any atom is 0.340 e. The first kappa shape index (κ1) is 19.5. The third-order valence-electron chi connectivity index (χ3n) is 3.23. The smallest absolute Gasteiger partial charge is 0.340 e. The molecular formula is C13H24NO6PS. The summed E-state index contributed by atoms with van der Waals surface area (Å²) < 4.78 is 22.6. The van der Waals surface area contributed by atoms with E-state index in [0.29, 0.717) is 13.0 Å². The van der Waals surface area contributed by atoms with E-state index in [4.69, 9.17) is 14.2 Å². The monoisotopic (exact) mass is 353 g/mol. The van der Waals surface area contributed by atoms with Crippen LogP contribution in [0.1, 0.15) is 33.1 Å². The number of piperidine rings is 1. The molecule has 1 atom stereocenters. The lowest BCUT2D eigenvalue weighted by Gasteiger charge is -2.33. The Morgan fingerprint density at radius 3 is 2.45 bits per heavy atom. The number of thioether (sulfide) groups is 1. The Hall–Kier alpha value is -0.560. The number of carbonyl (C=O) groups is 2. The molecule has 0 aromatic heterocycles. The number of carbonyl (C=O) groups excluding carboxylic acids is 1. The standard InChI is InChI=1S/C13H24NO6PS/c1-3-19-21(18,20-4-2)10-22-9-12(15)14-8-6-5-7-11(14)13(16)17/h11H,3-10H2,1-2H3,(H,16,17)/t11-/m0/s1. The van der Waals surface area contributed by atoms with Crippen LogP contribution in [-0.2, 0) is 23.2 Å². The summed E-state index contributed by atoms with van der Waals surface area (Å²) in [6.45, 7) is 4.47. The topological polar surface area (TPSA) is 93.1 Å². The van der Waals surface area contributed by atoms with E-state index in [0.717, 1.165) is 24.6 Å². The van der Waals surface area contributed by atoms with E-state index in [1.807, 2.05) is 0 Å². The Morgan fingerprint density at radius 1 is 1.27 bits per heavy atom. The van der Waals surface area contributed by atoms with Gasteiger partial charge < -0.3 is 19.1 Å². The SMILES string of the molecule is CCOP(=O)(CSCC(=O)N1CCCC[C@H]1C(=O)O)OCC. The molecular weight excluding hydrogens is 329 g/mol. The first-order valence-corrected chi connectivity index (χ1v) is 10.3. The molecule has 0 aromatic rings. The molecule has 0 aromatic carbocycles. The number of likely N-dealkylation sites (tertiary alicyclic amines) is 1. The van der Waals surface area contributed by atoms with Gasteiger partial charge in [-0.1, -0.05) is 0 Å². The summed E-state index contributed by atoms with van der Waals surface area (Å²) in [4.78, 5) is 24.8. The second-order valence-corrected chi connectivity index (χ2v) is 8.33. The maximum atomic E-state index is 12.3. The molecule has 0 aliphatic carbocycles. The van der Waals surface area contributed by atoms with Crippen LogP contribution in [0.25, 0.3) is 0 Å². The first-order valence-electron chi connectivity index (χ1n) is 7.41. The number of carboxylic acids is 1. The van der Waals surface area contributed by atoms with Crippen LogP contribution in [0.2, 0.25) is 0 Å². The molecule has 22 heavy (non-hydrogen) atoms. The molecule has 1 N–H and O–H groups in total. The number of rotatable bonds is 9. The van der Waals surface area contributed by atoms with Crippen LogP contribution < -0.4 is 0 Å². The summed E-state index contributed by atoms with van der Waals surface area (Å²) >= 11 is 1.16. The number of amides is 1. The van der Waals surface area contributed by atoms with Gasteiger partial charge in [-0.3, -0.25) is 9.36 Å². The van der Waals surface area contributed by atoms with E-state index in [-0.39, 0.29) is 30.4 Å². The van der Waals surface area contributed by atoms with E-state index >= 15 is 0 Å². The second-order valence-electron chi connectivity index (χ2n) is 4.86. The zero-order chi connectivity index (χ0) is 16.6. The van der Waals surface area contributed by atoms with Crippen LogP contribution >= 0.6 is 19.4 Å². The van der Waals surface area contributed by atoms with E-state index in [2.05, 4.69) is 0 Å². The highest BCUT2D eigenvalue weighted by Gasteiger charge is 2.32. The van der Waals surface area contributed by atoms with Gasteiger partial charge in [0.25, 0.3) is 0 Å². The van der Waals surface area contributed by atoms with Gasteiger partial charge in [0, 0.05) is 6.54 Å². The molecule has 1 aliphatic rings. The fourth-order valence-corrected chi connectivity index (χ4v) is 5.38. The predicted octanol–water partition coefficient (Wildman–Crippen LogP) is 2.41. The molecule has 0 radical (unpaired) electrons. The molecule has 0 saturated carbocycles. The summed E-state index contributed by atoms with van der Waals surface area (Å²) in [6.07, 6.45) is 2.12. The van der Waals surface area contributed by atoms with Crippen molar-refractivity contribution < 1.29 is 28.3 Å². The Balaban J connectivity index is 2.50. The molecule has 1 aliphatic heterocycles. The lowest BCUT2D eigenvalue weighted by Crippen LogP contribution is -2.48. The second kappa shape index (κ2) is 9.55. The van der Waals surface area contributed by atoms with Crippen LogP contribution in [0.3, 0.4) is 0 Å². The van der Waals surface area contributed by atoms with Gasteiger partial charge in [0.1, 0.15) is 6.04 Å². The number of hydrogen-bond donors (Lipinski definition) is 1. The molecule has 7 nitrogen and oxygen atoms in total. The van der Waals surface area contributed by atoms with Crippen molar-refractivity contribution in [1.82, 2.24) is 4.90 Å². The summed E-state index contributed by atoms with van der Waals surface area (Å²) in [5.41, 5.74) is 0.0893. The molecule has 128 valence electrons. The van der Waals surface area contributed by atoms with Crippen molar-refractivity contribution in [2.75, 3.05) is 31.0 Å². The summed E-state index contributed by atoms with van der Waals surface area (Å²) in [7, 11) is -3.17. The minimum atomic E-state index is -3.17. The highest BCUT2D eigenvalue weighted by atomic mass is 32.2. The van der Waals surface area contributed by atoms with Crippen molar-refractivity contribution in [3.63, 3.8) is 0 Å². The van der Waals surface area contributed by atoms with Crippen molar-refractivity contribution >= 4 is 31.2 Å². The zero-order valence-electron chi connectivity index (χ0n) is 13.0. The normalized spacial score (nSPS) is 19.2. The minimum Gasteiger partial charge on any atom is -0.480 e. The van der Waals surface area contributed by atoms with Gasteiger partial charge in [-0.25, -0.2) is 4.79 Å². The van der Waals surface area contributed by atoms with Gasteiger partial charge >= 0.3 is 13.6 Å². The average Bonchev–Trinajstić information content (AvgIpc) is 2.47. The van der Waals surface area contributed by atoms with Gasteiger partial charge in [-0.15, -0.1) is 11.8 Å². The van der Waals surface area contributed by atoms with E-state index in [1.54, 1.807) is 13.8 Å². The number of nitrogens with zero attached hydrogens (tertiary/aromatic N) is 1. The Labute approximate surface area is 135 Å². The van der Waals surface area contributed by atoms with Crippen LogP contribution in [0.15, 0.2) is 0 Å². The molecule has 0 spiro atoms.